The van der Waals surface area contributed by atoms with E-state index in [0.717, 1.165) is 23.1 Å². The van der Waals surface area contributed by atoms with Crippen molar-refractivity contribution in [3.8, 4) is 0 Å². The highest BCUT2D eigenvalue weighted by Gasteiger charge is 2.20. The Morgan fingerprint density at radius 3 is 3.06 bits per heavy atom. The van der Waals surface area contributed by atoms with Gasteiger partial charge < -0.3 is 10.1 Å². The third kappa shape index (κ3) is 2.03. The van der Waals surface area contributed by atoms with Crippen LogP contribution >= 0.6 is 15.9 Å². The molecule has 0 radical (unpaired) electrons. The van der Waals surface area contributed by atoms with E-state index >= 15 is 0 Å². The number of aromatic amines is 1. The number of halogens is 1. The van der Waals surface area contributed by atoms with Crippen LogP contribution in [0.5, 0.6) is 0 Å². The molecular formula is C10H13BrN4O. The van der Waals surface area contributed by atoms with E-state index < -0.39 is 6.10 Å². The summed E-state index contributed by atoms with van der Waals surface area (Å²) >= 11 is 3.39. The molecule has 0 aliphatic rings. The number of aliphatic hydroxyl groups is 1. The molecule has 0 spiro atoms. The number of nitrogens with one attached hydrogen (secondary N) is 1. The van der Waals surface area contributed by atoms with Gasteiger partial charge >= 0.3 is 0 Å². The Morgan fingerprint density at radius 2 is 2.44 bits per heavy atom. The number of aryl methyl sites for hydroxylation is 1. The predicted octanol–water partition coefficient (Wildman–Crippen LogP) is 1.86. The standard InChI is InChI=1S/C10H13BrN4O/c1-2-5-15-8(7(11)6-14-15)9(16)10-12-3-4-13-10/h3-4,6,9,16H,2,5H2,1H3,(H,12,13). The highest BCUT2D eigenvalue weighted by molar-refractivity contribution is 9.10. The summed E-state index contributed by atoms with van der Waals surface area (Å²) in [5, 5.41) is 14.4. The van der Waals surface area contributed by atoms with Crippen molar-refractivity contribution in [1.82, 2.24) is 19.7 Å². The van der Waals surface area contributed by atoms with Crippen molar-refractivity contribution in [1.29, 1.82) is 0 Å². The molecule has 2 aromatic rings. The van der Waals surface area contributed by atoms with Crippen molar-refractivity contribution in [2.75, 3.05) is 0 Å². The predicted molar refractivity (Wildman–Crippen MR) is 62.9 cm³/mol. The second-order valence-electron chi connectivity index (χ2n) is 3.48. The fraction of sp³-hybridized carbons (Fsp3) is 0.400. The van der Waals surface area contributed by atoms with Crippen molar-refractivity contribution in [3.63, 3.8) is 0 Å². The molecule has 2 N–H and O–H groups in total. The van der Waals surface area contributed by atoms with Crippen LogP contribution in [0.4, 0.5) is 0 Å². The number of aliphatic hydroxyl groups excluding tert-OH is 1. The van der Waals surface area contributed by atoms with Gasteiger partial charge in [-0.2, -0.15) is 5.10 Å². The molecular weight excluding hydrogens is 272 g/mol. The highest BCUT2D eigenvalue weighted by Crippen LogP contribution is 2.26. The van der Waals surface area contributed by atoms with Crippen LogP contribution in [0.3, 0.4) is 0 Å². The van der Waals surface area contributed by atoms with Crippen molar-refractivity contribution < 1.29 is 5.11 Å². The minimum atomic E-state index is -0.779. The number of hydrogen-bond donors (Lipinski definition) is 2. The zero-order valence-electron chi connectivity index (χ0n) is 8.89. The van der Waals surface area contributed by atoms with Gasteiger partial charge in [0, 0.05) is 18.9 Å². The smallest absolute Gasteiger partial charge is 0.154 e. The third-order valence-corrected chi connectivity index (χ3v) is 2.92. The molecule has 16 heavy (non-hydrogen) atoms. The van der Waals surface area contributed by atoms with Gasteiger partial charge in [-0.15, -0.1) is 0 Å². The first-order valence-electron chi connectivity index (χ1n) is 5.12. The topological polar surface area (TPSA) is 66.7 Å². The van der Waals surface area contributed by atoms with E-state index in [1.165, 1.54) is 0 Å². The number of aromatic nitrogens is 4. The van der Waals surface area contributed by atoms with Gasteiger partial charge in [-0.1, -0.05) is 6.92 Å². The zero-order valence-corrected chi connectivity index (χ0v) is 10.5. The fourth-order valence-corrected chi connectivity index (χ4v) is 2.10. The Labute approximate surface area is 102 Å². The van der Waals surface area contributed by atoms with Gasteiger partial charge in [-0.05, 0) is 22.4 Å². The van der Waals surface area contributed by atoms with Crippen molar-refractivity contribution >= 4 is 15.9 Å². The molecule has 2 rings (SSSR count). The van der Waals surface area contributed by atoms with Gasteiger partial charge in [0.15, 0.2) is 6.10 Å². The van der Waals surface area contributed by atoms with Crippen molar-refractivity contribution in [2.24, 2.45) is 0 Å². The fourth-order valence-electron chi connectivity index (χ4n) is 1.59. The van der Waals surface area contributed by atoms with Gasteiger partial charge in [0.25, 0.3) is 0 Å². The van der Waals surface area contributed by atoms with E-state index in [9.17, 15) is 5.11 Å². The average molecular weight is 285 g/mol. The molecule has 86 valence electrons. The lowest BCUT2D eigenvalue weighted by Crippen LogP contribution is -2.11. The van der Waals surface area contributed by atoms with Crippen LogP contribution in [-0.2, 0) is 6.54 Å². The van der Waals surface area contributed by atoms with Gasteiger partial charge in [0.05, 0.1) is 16.4 Å². The summed E-state index contributed by atoms with van der Waals surface area (Å²) in [6, 6.07) is 0. The molecule has 1 unspecified atom stereocenters. The van der Waals surface area contributed by atoms with Crippen LogP contribution in [0.15, 0.2) is 23.1 Å². The second kappa shape index (κ2) is 4.80. The number of H-pyrrole nitrogens is 1. The first-order chi connectivity index (χ1) is 7.74. The third-order valence-electron chi connectivity index (χ3n) is 2.31. The number of imidazole rings is 1. The zero-order chi connectivity index (χ0) is 11.5. The van der Waals surface area contributed by atoms with Gasteiger partial charge in [0.1, 0.15) is 5.82 Å². The van der Waals surface area contributed by atoms with E-state index in [1.54, 1.807) is 23.3 Å². The summed E-state index contributed by atoms with van der Waals surface area (Å²) in [7, 11) is 0. The number of rotatable bonds is 4. The van der Waals surface area contributed by atoms with Crippen molar-refractivity contribution in [2.45, 2.75) is 26.0 Å². The number of hydrogen-bond acceptors (Lipinski definition) is 3. The molecule has 6 heteroatoms. The normalized spacial score (nSPS) is 12.9. The lowest BCUT2D eigenvalue weighted by atomic mass is 10.2. The molecule has 2 aromatic heterocycles. The Balaban J connectivity index is 2.35. The second-order valence-corrected chi connectivity index (χ2v) is 4.33. The maximum atomic E-state index is 10.2. The maximum Gasteiger partial charge on any atom is 0.154 e. The Hall–Kier alpha value is -1.14. The van der Waals surface area contributed by atoms with E-state index in [4.69, 9.17) is 0 Å². The average Bonchev–Trinajstić information content (AvgIpc) is 2.88. The van der Waals surface area contributed by atoms with Gasteiger partial charge in [0.2, 0.25) is 0 Å². The molecule has 0 aliphatic carbocycles. The molecule has 0 fully saturated rings. The van der Waals surface area contributed by atoms with E-state index in [2.05, 4.69) is 37.9 Å². The lowest BCUT2D eigenvalue weighted by molar-refractivity contribution is 0.197. The molecule has 0 aromatic carbocycles. The quantitative estimate of drug-likeness (QED) is 0.901. The van der Waals surface area contributed by atoms with E-state index in [0.29, 0.717) is 5.82 Å². The monoisotopic (exact) mass is 284 g/mol. The summed E-state index contributed by atoms with van der Waals surface area (Å²) in [6.07, 6.45) is 5.18. The molecule has 0 saturated heterocycles. The van der Waals surface area contributed by atoms with Crippen LogP contribution < -0.4 is 0 Å². The molecule has 0 saturated carbocycles. The summed E-state index contributed by atoms with van der Waals surface area (Å²) in [5.74, 6) is 0.526. The minimum absolute atomic E-state index is 0.526. The van der Waals surface area contributed by atoms with Crippen LogP contribution in [-0.4, -0.2) is 24.9 Å². The highest BCUT2D eigenvalue weighted by atomic mass is 79.9. The van der Waals surface area contributed by atoms with Gasteiger partial charge in [-0.25, -0.2) is 4.98 Å². The molecule has 0 amide bonds. The summed E-state index contributed by atoms with van der Waals surface area (Å²) < 4.78 is 2.59. The Bertz CT molecular complexity index is 451. The molecule has 1 atom stereocenters. The van der Waals surface area contributed by atoms with Crippen LogP contribution in [0, 0.1) is 0 Å². The van der Waals surface area contributed by atoms with E-state index in [-0.39, 0.29) is 0 Å². The van der Waals surface area contributed by atoms with Crippen LogP contribution in [0.1, 0.15) is 31.0 Å². The first-order valence-corrected chi connectivity index (χ1v) is 5.92. The minimum Gasteiger partial charge on any atom is -0.379 e. The Morgan fingerprint density at radius 1 is 1.62 bits per heavy atom. The summed E-state index contributed by atoms with van der Waals surface area (Å²) in [6.45, 7) is 2.84. The van der Waals surface area contributed by atoms with Crippen LogP contribution in [0.25, 0.3) is 0 Å². The largest absolute Gasteiger partial charge is 0.379 e. The van der Waals surface area contributed by atoms with Gasteiger partial charge in [-0.3, -0.25) is 4.68 Å². The van der Waals surface area contributed by atoms with Crippen molar-refractivity contribution in [3.05, 3.63) is 34.6 Å². The number of nitrogens with zero attached hydrogens (tertiary/aromatic N) is 3. The molecule has 2 heterocycles. The molecule has 0 aliphatic heterocycles. The summed E-state index contributed by atoms with van der Waals surface area (Å²) in [5.41, 5.74) is 0.733. The molecule has 5 nitrogen and oxygen atoms in total. The van der Waals surface area contributed by atoms with Crippen LogP contribution in [0.2, 0.25) is 0 Å². The summed E-state index contributed by atoms with van der Waals surface area (Å²) in [4.78, 5) is 6.95. The lowest BCUT2D eigenvalue weighted by Gasteiger charge is -2.11. The van der Waals surface area contributed by atoms with E-state index in [1.807, 2.05) is 0 Å². The maximum absolute atomic E-state index is 10.2. The Kier molecular flexibility index (Phi) is 3.40. The first kappa shape index (κ1) is 11.3. The molecule has 0 bridgehead atoms. The SMILES string of the molecule is CCCn1ncc(Br)c1C(O)c1ncc[nH]1.